The summed E-state index contributed by atoms with van der Waals surface area (Å²) in [5.41, 5.74) is 7.77. The lowest BCUT2D eigenvalue weighted by molar-refractivity contribution is 0.830. The quantitative estimate of drug-likeness (QED) is 0.649. The van der Waals surface area contributed by atoms with E-state index in [2.05, 4.69) is 36.1 Å². The normalized spacial score (nSPS) is 14.6. The first-order chi connectivity index (χ1) is 9.22. The van der Waals surface area contributed by atoms with Crippen molar-refractivity contribution in [2.75, 3.05) is 11.4 Å². The third-order valence-corrected chi connectivity index (χ3v) is 3.83. The maximum Gasteiger partial charge on any atom is 0.123 e. The summed E-state index contributed by atoms with van der Waals surface area (Å²) in [6, 6.07) is 13.0. The molecule has 3 rings (SSSR count). The number of nitrogens with two attached hydrogens (primary N) is 1. The molecule has 0 heterocycles. The second-order valence-corrected chi connectivity index (χ2v) is 5.11. The Hall–Kier alpha value is -2.03. The van der Waals surface area contributed by atoms with Crippen molar-refractivity contribution in [3.8, 4) is 0 Å². The van der Waals surface area contributed by atoms with Crippen LogP contribution in [-0.4, -0.2) is 18.4 Å². The standard InChI is InChI=1S/C16H19N3/c1-2-19(11-7-8-11)15-10-9-14(16(17)18)12-5-3-4-6-13(12)15/h3-6,9-11H,2,7-8H2,1H3,(H3,17,18). The molecular weight excluding hydrogens is 234 g/mol. The number of fused-ring (bicyclic) bond motifs is 1. The summed E-state index contributed by atoms with van der Waals surface area (Å²) in [6.45, 7) is 3.22. The molecule has 1 fully saturated rings. The first-order valence-corrected chi connectivity index (χ1v) is 6.85. The molecule has 3 N–H and O–H groups in total. The van der Waals surface area contributed by atoms with Gasteiger partial charge in [-0.2, -0.15) is 0 Å². The molecule has 0 bridgehead atoms. The van der Waals surface area contributed by atoms with Crippen LogP contribution in [0.15, 0.2) is 36.4 Å². The molecule has 3 nitrogen and oxygen atoms in total. The van der Waals surface area contributed by atoms with Crippen LogP contribution in [0.2, 0.25) is 0 Å². The third kappa shape index (κ3) is 2.05. The van der Waals surface area contributed by atoms with Crippen LogP contribution >= 0.6 is 0 Å². The number of nitrogens with zero attached hydrogens (tertiary/aromatic N) is 1. The largest absolute Gasteiger partial charge is 0.384 e. The predicted octanol–water partition coefficient (Wildman–Crippen LogP) is 3.11. The van der Waals surface area contributed by atoms with Gasteiger partial charge in [0, 0.05) is 29.2 Å². The lowest BCUT2D eigenvalue weighted by Crippen LogP contribution is -2.25. The summed E-state index contributed by atoms with van der Waals surface area (Å²) in [5, 5.41) is 9.97. The maximum absolute atomic E-state index is 7.70. The zero-order valence-corrected chi connectivity index (χ0v) is 11.2. The molecule has 0 radical (unpaired) electrons. The average molecular weight is 253 g/mol. The SMILES string of the molecule is CCN(c1ccc(C(=N)N)c2ccccc12)C1CC1. The minimum absolute atomic E-state index is 0.136. The molecule has 0 aliphatic heterocycles. The van der Waals surface area contributed by atoms with E-state index >= 15 is 0 Å². The Bertz CT molecular complexity index is 629. The van der Waals surface area contributed by atoms with Gasteiger partial charge in [-0.05, 0) is 37.3 Å². The first-order valence-electron chi connectivity index (χ1n) is 6.85. The lowest BCUT2D eigenvalue weighted by atomic mass is 10.0. The molecule has 0 amide bonds. The first kappa shape index (κ1) is 12.0. The lowest BCUT2D eigenvalue weighted by Gasteiger charge is -2.25. The van der Waals surface area contributed by atoms with E-state index in [1.165, 1.54) is 23.9 Å². The summed E-state index contributed by atoms with van der Waals surface area (Å²) in [7, 11) is 0. The van der Waals surface area contributed by atoms with Gasteiger partial charge in [-0.15, -0.1) is 0 Å². The van der Waals surface area contributed by atoms with Crippen molar-refractivity contribution >= 4 is 22.3 Å². The number of rotatable bonds is 4. The number of nitrogens with one attached hydrogen (secondary N) is 1. The third-order valence-electron chi connectivity index (χ3n) is 3.83. The van der Waals surface area contributed by atoms with Gasteiger partial charge in [-0.3, -0.25) is 5.41 Å². The minimum Gasteiger partial charge on any atom is -0.384 e. The molecule has 2 aromatic rings. The van der Waals surface area contributed by atoms with Crippen LogP contribution in [0.25, 0.3) is 10.8 Å². The van der Waals surface area contributed by atoms with E-state index in [1.807, 2.05) is 12.1 Å². The number of nitrogen functional groups attached to an aromatic ring is 1. The molecule has 1 aliphatic rings. The number of benzene rings is 2. The van der Waals surface area contributed by atoms with Gasteiger partial charge in [0.15, 0.2) is 0 Å². The highest BCUT2D eigenvalue weighted by molar-refractivity contribution is 6.10. The van der Waals surface area contributed by atoms with Gasteiger partial charge < -0.3 is 10.6 Å². The van der Waals surface area contributed by atoms with Crippen LogP contribution in [-0.2, 0) is 0 Å². The van der Waals surface area contributed by atoms with E-state index in [-0.39, 0.29) is 5.84 Å². The van der Waals surface area contributed by atoms with Crippen LogP contribution in [0.1, 0.15) is 25.3 Å². The number of anilines is 1. The summed E-state index contributed by atoms with van der Waals surface area (Å²) in [4.78, 5) is 2.46. The molecular formula is C16H19N3. The fraction of sp³-hybridized carbons (Fsp3) is 0.312. The Balaban J connectivity index is 2.21. The van der Waals surface area contributed by atoms with Crippen molar-refractivity contribution < 1.29 is 0 Å². The maximum atomic E-state index is 7.70. The summed E-state index contributed by atoms with van der Waals surface area (Å²) >= 11 is 0. The molecule has 1 aliphatic carbocycles. The molecule has 19 heavy (non-hydrogen) atoms. The highest BCUT2D eigenvalue weighted by Gasteiger charge is 2.29. The summed E-state index contributed by atoms with van der Waals surface area (Å²) < 4.78 is 0. The van der Waals surface area contributed by atoms with Gasteiger partial charge >= 0.3 is 0 Å². The van der Waals surface area contributed by atoms with E-state index in [1.54, 1.807) is 0 Å². The van der Waals surface area contributed by atoms with Gasteiger partial charge in [-0.25, -0.2) is 0 Å². The van der Waals surface area contributed by atoms with E-state index in [0.717, 1.165) is 17.5 Å². The fourth-order valence-electron chi connectivity index (χ4n) is 2.78. The molecule has 0 aromatic heterocycles. The van der Waals surface area contributed by atoms with Gasteiger partial charge in [0.25, 0.3) is 0 Å². The van der Waals surface area contributed by atoms with Crippen molar-refractivity contribution in [2.45, 2.75) is 25.8 Å². The van der Waals surface area contributed by atoms with Crippen LogP contribution in [0.4, 0.5) is 5.69 Å². The molecule has 3 heteroatoms. The molecule has 1 saturated carbocycles. The summed E-state index contributed by atoms with van der Waals surface area (Å²) in [6.07, 6.45) is 2.58. The Labute approximate surface area is 113 Å². The van der Waals surface area contributed by atoms with E-state index in [4.69, 9.17) is 11.1 Å². The zero-order chi connectivity index (χ0) is 13.4. The smallest absolute Gasteiger partial charge is 0.123 e. The second kappa shape index (κ2) is 4.57. The van der Waals surface area contributed by atoms with Gasteiger partial charge in [0.2, 0.25) is 0 Å². The number of amidine groups is 1. The van der Waals surface area contributed by atoms with E-state index in [0.29, 0.717) is 6.04 Å². The van der Waals surface area contributed by atoms with Gasteiger partial charge in [-0.1, -0.05) is 24.3 Å². The monoisotopic (exact) mass is 253 g/mol. The Morgan fingerprint density at radius 2 is 1.89 bits per heavy atom. The van der Waals surface area contributed by atoms with Crippen LogP contribution in [0.5, 0.6) is 0 Å². The zero-order valence-electron chi connectivity index (χ0n) is 11.2. The van der Waals surface area contributed by atoms with Crippen molar-refractivity contribution in [3.05, 3.63) is 42.0 Å². The second-order valence-electron chi connectivity index (χ2n) is 5.11. The minimum atomic E-state index is 0.136. The average Bonchev–Trinajstić information content (AvgIpc) is 3.24. The van der Waals surface area contributed by atoms with Gasteiger partial charge in [0.05, 0.1) is 0 Å². The topological polar surface area (TPSA) is 53.1 Å². The predicted molar refractivity (Wildman–Crippen MR) is 81.0 cm³/mol. The van der Waals surface area contributed by atoms with Crippen molar-refractivity contribution in [1.29, 1.82) is 5.41 Å². The highest BCUT2D eigenvalue weighted by Crippen LogP contribution is 2.36. The van der Waals surface area contributed by atoms with Crippen LogP contribution in [0, 0.1) is 5.41 Å². The molecule has 2 aromatic carbocycles. The fourth-order valence-corrected chi connectivity index (χ4v) is 2.78. The Morgan fingerprint density at radius 3 is 2.47 bits per heavy atom. The molecule has 0 spiro atoms. The summed E-state index contributed by atoms with van der Waals surface area (Å²) in [5.74, 6) is 0.136. The Kier molecular flexibility index (Phi) is 2.90. The number of hydrogen-bond donors (Lipinski definition) is 2. The van der Waals surface area contributed by atoms with Crippen molar-refractivity contribution in [2.24, 2.45) is 5.73 Å². The van der Waals surface area contributed by atoms with E-state index in [9.17, 15) is 0 Å². The van der Waals surface area contributed by atoms with Crippen LogP contribution in [0.3, 0.4) is 0 Å². The van der Waals surface area contributed by atoms with E-state index < -0.39 is 0 Å². The van der Waals surface area contributed by atoms with Crippen LogP contribution < -0.4 is 10.6 Å². The molecule has 0 atom stereocenters. The molecule has 0 unspecified atom stereocenters. The molecule has 0 saturated heterocycles. The van der Waals surface area contributed by atoms with Crippen molar-refractivity contribution in [1.82, 2.24) is 0 Å². The molecule has 98 valence electrons. The van der Waals surface area contributed by atoms with Crippen molar-refractivity contribution in [3.63, 3.8) is 0 Å². The van der Waals surface area contributed by atoms with Gasteiger partial charge in [0.1, 0.15) is 5.84 Å². The highest BCUT2D eigenvalue weighted by atomic mass is 15.2. The number of hydrogen-bond acceptors (Lipinski definition) is 2. The Morgan fingerprint density at radius 1 is 1.21 bits per heavy atom.